The summed E-state index contributed by atoms with van der Waals surface area (Å²) in [6.45, 7) is 0. The van der Waals surface area contributed by atoms with E-state index < -0.39 is 35.3 Å². The second-order valence-electron chi connectivity index (χ2n) is 6.16. The summed E-state index contributed by atoms with van der Waals surface area (Å²) >= 11 is 5.13. The van der Waals surface area contributed by atoms with Crippen molar-refractivity contribution in [1.29, 1.82) is 0 Å². The van der Waals surface area contributed by atoms with Crippen LogP contribution in [0.4, 0.5) is 5.13 Å². The lowest BCUT2D eigenvalue weighted by Crippen LogP contribution is -2.70. The zero-order chi connectivity index (χ0) is 21.4. The number of carbonyl (C=O) groups is 3. The van der Waals surface area contributed by atoms with Gasteiger partial charge in [0.15, 0.2) is 15.6 Å². The molecule has 1 saturated heterocycles. The predicted octanol–water partition coefficient (Wildman–Crippen LogP) is 0.141. The molecule has 5 N–H and O–H groups in total. The Morgan fingerprint density at radius 2 is 2.23 bits per heavy atom. The van der Waals surface area contributed by atoms with Crippen molar-refractivity contribution in [2.45, 2.75) is 21.9 Å². The minimum Gasteiger partial charge on any atom is -0.477 e. The Bertz CT molecular complexity index is 1020. The van der Waals surface area contributed by atoms with Crippen LogP contribution in [0.3, 0.4) is 0 Å². The van der Waals surface area contributed by atoms with Gasteiger partial charge in [0.25, 0.3) is 11.8 Å². The number of carboxylic acid groups (broad SMARTS) is 1. The zero-order valence-electron chi connectivity index (χ0n) is 14.9. The molecule has 4 heterocycles. The van der Waals surface area contributed by atoms with E-state index in [0.717, 1.165) is 11.3 Å². The monoisotopic (exact) mass is 486 g/mol. The molecule has 0 spiro atoms. The number of aliphatic hydroxyl groups is 1. The van der Waals surface area contributed by atoms with Gasteiger partial charge >= 0.3 is 5.97 Å². The molecule has 1 fully saturated rings. The van der Waals surface area contributed by atoms with Gasteiger partial charge in [-0.2, -0.15) is 0 Å². The number of aliphatic carboxylic acids is 1. The molecule has 4 rings (SSSR count). The number of nitrogens with one attached hydrogen (secondary N) is 1. The van der Waals surface area contributed by atoms with Crippen molar-refractivity contribution in [3.05, 3.63) is 27.9 Å². The van der Waals surface area contributed by atoms with Crippen molar-refractivity contribution in [3.63, 3.8) is 0 Å². The third kappa shape index (κ3) is 3.90. The maximum absolute atomic E-state index is 12.6. The molecule has 2 unspecified atom stereocenters. The zero-order valence-corrected chi connectivity index (χ0v) is 18.2. The summed E-state index contributed by atoms with van der Waals surface area (Å²) < 4.78 is 0.705. The van der Waals surface area contributed by atoms with Crippen molar-refractivity contribution in [1.82, 2.24) is 25.4 Å². The highest BCUT2D eigenvalue weighted by Gasteiger charge is 2.54. The molecule has 2 aliphatic heterocycles. The Kier molecular flexibility index (Phi) is 5.97. The van der Waals surface area contributed by atoms with Crippen molar-refractivity contribution < 1.29 is 24.6 Å². The first kappa shape index (κ1) is 21.0. The first-order valence-corrected chi connectivity index (χ1v) is 12.1. The second-order valence-corrected chi connectivity index (χ2v) is 10.2. The molecule has 11 nitrogen and oxygen atoms in total. The summed E-state index contributed by atoms with van der Waals surface area (Å²) in [6.07, 6.45) is -1.57. The van der Waals surface area contributed by atoms with Gasteiger partial charge in [-0.15, -0.1) is 33.3 Å². The number of hydrogen-bond acceptors (Lipinski definition) is 12. The fourth-order valence-electron chi connectivity index (χ4n) is 2.96. The van der Waals surface area contributed by atoms with Crippen molar-refractivity contribution in [3.8, 4) is 0 Å². The standard InChI is InChI=1S/C15H14N6O5S4/c16-14-18-6(3-28-14)9(22)10(23)19-7-11(24)21-8(13(25)26)5(1-27-12(7)21)2-29-15-20-17-4-30-15/h3-4,7,9,12,22H,1-2H2,(H2,16,18)(H,19,23)(H,25,26)/t7?,9?,12-/m0/s1. The van der Waals surface area contributed by atoms with Crippen LogP contribution in [0.2, 0.25) is 0 Å². The molecule has 0 bridgehead atoms. The van der Waals surface area contributed by atoms with Crippen molar-refractivity contribution in [2.75, 3.05) is 17.2 Å². The Morgan fingerprint density at radius 3 is 2.87 bits per heavy atom. The van der Waals surface area contributed by atoms with Crippen LogP contribution >= 0.6 is 46.2 Å². The van der Waals surface area contributed by atoms with Gasteiger partial charge in [0, 0.05) is 16.9 Å². The Labute approximate surface area is 185 Å². The van der Waals surface area contributed by atoms with E-state index in [9.17, 15) is 24.6 Å². The number of carboxylic acids is 1. The molecule has 3 atom stereocenters. The number of β-lactam (4-membered cyclic amide) rings is 1. The average molecular weight is 487 g/mol. The molecule has 0 aliphatic carbocycles. The van der Waals surface area contributed by atoms with Crippen molar-refractivity contribution in [2.24, 2.45) is 0 Å². The number of thioether (sulfide) groups is 2. The third-order valence-corrected chi connectivity index (χ3v) is 8.30. The molecular weight excluding hydrogens is 472 g/mol. The molecule has 15 heteroatoms. The molecule has 0 aromatic carbocycles. The number of anilines is 1. The first-order valence-electron chi connectivity index (χ1n) is 8.35. The smallest absolute Gasteiger partial charge is 0.352 e. The number of amides is 2. The average Bonchev–Trinajstić information content (AvgIpc) is 3.40. The summed E-state index contributed by atoms with van der Waals surface area (Å²) in [6, 6.07) is -0.931. The lowest BCUT2D eigenvalue weighted by Gasteiger charge is -2.49. The molecule has 0 radical (unpaired) electrons. The Morgan fingerprint density at radius 1 is 1.43 bits per heavy atom. The Balaban J connectivity index is 1.45. The molecule has 2 amide bonds. The van der Waals surface area contributed by atoms with E-state index >= 15 is 0 Å². The van der Waals surface area contributed by atoms with Crippen LogP contribution in [0.1, 0.15) is 11.8 Å². The van der Waals surface area contributed by atoms with Gasteiger partial charge < -0.3 is 21.3 Å². The normalized spacial score (nSPS) is 21.8. The number of nitrogens with two attached hydrogens (primary N) is 1. The molecule has 30 heavy (non-hydrogen) atoms. The van der Waals surface area contributed by atoms with Crippen LogP contribution in [0, 0.1) is 0 Å². The van der Waals surface area contributed by atoms with Crippen LogP contribution < -0.4 is 11.1 Å². The fraction of sp³-hybridized carbons (Fsp3) is 0.333. The summed E-state index contributed by atoms with van der Waals surface area (Å²) in [5.74, 6) is -1.79. The van der Waals surface area contributed by atoms with Crippen LogP contribution in [0.15, 0.2) is 26.5 Å². The highest BCUT2D eigenvalue weighted by molar-refractivity contribution is 8.01. The topological polar surface area (TPSA) is 172 Å². The molecule has 2 aliphatic rings. The van der Waals surface area contributed by atoms with Gasteiger partial charge in [0.2, 0.25) is 0 Å². The summed E-state index contributed by atoms with van der Waals surface area (Å²) in [5.41, 5.74) is 7.71. The SMILES string of the molecule is Nc1nc(C(O)C(=O)NC2C(=O)N3C(C(=O)O)=C(CSc4nncs4)CS[C@@H]23)cs1. The highest BCUT2D eigenvalue weighted by atomic mass is 32.2. The predicted molar refractivity (Wildman–Crippen MR) is 112 cm³/mol. The van der Waals surface area contributed by atoms with Crippen molar-refractivity contribution >= 4 is 69.1 Å². The van der Waals surface area contributed by atoms with Gasteiger partial charge in [-0.05, 0) is 5.57 Å². The number of aromatic nitrogens is 3. The largest absolute Gasteiger partial charge is 0.477 e. The second kappa shape index (κ2) is 8.50. The summed E-state index contributed by atoms with van der Waals surface area (Å²) in [5, 5.41) is 31.0. The van der Waals surface area contributed by atoms with E-state index in [1.54, 1.807) is 5.51 Å². The number of aliphatic hydroxyl groups excluding tert-OH is 1. The number of nitrogens with zero attached hydrogens (tertiary/aromatic N) is 4. The van der Waals surface area contributed by atoms with Gasteiger partial charge in [-0.25, -0.2) is 9.78 Å². The number of carbonyl (C=O) groups excluding carboxylic acids is 2. The fourth-order valence-corrected chi connectivity index (χ4v) is 6.52. The Hall–Kier alpha value is -2.20. The maximum Gasteiger partial charge on any atom is 0.352 e. The van der Waals surface area contributed by atoms with Gasteiger partial charge in [0.05, 0.1) is 5.69 Å². The quantitative estimate of drug-likeness (QED) is 0.310. The molecular formula is C15H14N6O5S4. The van der Waals surface area contributed by atoms with E-state index in [2.05, 4.69) is 20.5 Å². The summed E-state index contributed by atoms with van der Waals surface area (Å²) in [7, 11) is 0. The molecule has 2 aromatic rings. The lowest BCUT2D eigenvalue weighted by atomic mass is 10.0. The van der Waals surface area contributed by atoms with E-state index in [-0.39, 0.29) is 16.5 Å². The molecule has 2 aromatic heterocycles. The molecule has 0 saturated carbocycles. The maximum atomic E-state index is 12.6. The molecule has 158 valence electrons. The summed E-state index contributed by atoms with van der Waals surface area (Å²) in [4.78, 5) is 41.9. The first-order chi connectivity index (χ1) is 14.4. The van der Waals surface area contributed by atoms with Crippen LogP contribution in [0.5, 0.6) is 0 Å². The van der Waals surface area contributed by atoms with E-state index in [1.165, 1.54) is 45.1 Å². The van der Waals surface area contributed by atoms with E-state index in [4.69, 9.17) is 5.73 Å². The van der Waals surface area contributed by atoms with Crippen LogP contribution in [0.25, 0.3) is 0 Å². The number of hydrogen-bond donors (Lipinski definition) is 4. The lowest BCUT2D eigenvalue weighted by molar-refractivity contribution is -0.151. The van der Waals surface area contributed by atoms with Crippen LogP contribution in [-0.4, -0.2) is 71.0 Å². The number of fused-ring (bicyclic) bond motifs is 1. The number of rotatable bonds is 7. The van der Waals surface area contributed by atoms with Crippen LogP contribution in [-0.2, 0) is 14.4 Å². The minimum absolute atomic E-state index is 0.0703. The number of nitrogen functional groups attached to an aromatic ring is 1. The number of thiazole rings is 1. The highest BCUT2D eigenvalue weighted by Crippen LogP contribution is 2.41. The van der Waals surface area contributed by atoms with Gasteiger partial charge in [-0.1, -0.05) is 23.1 Å². The van der Waals surface area contributed by atoms with E-state index in [0.29, 0.717) is 21.4 Å². The van der Waals surface area contributed by atoms with Gasteiger partial charge in [-0.3, -0.25) is 14.5 Å². The minimum atomic E-state index is -1.57. The third-order valence-electron chi connectivity index (χ3n) is 4.33. The van der Waals surface area contributed by atoms with E-state index in [1.807, 2.05) is 0 Å². The van der Waals surface area contributed by atoms with Gasteiger partial charge in [0.1, 0.15) is 22.6 Å².